The van der Waals surface area contributed by atoms with E-state index in [0.29, 0.717) is 6.61 Å². The van der Waals surface area contributed by atoms with Crippen LogP contribution in [-0.2, 0) is 0 Å². The van der Waals surface area contributed by atoms with Gasteiger partial charge in [-0.05, 0) is 43.0 Å². The molecule has 0 saturated carbocycles. The molecule has 0 aliphatic rings. The predicted molar refractivity (Wildman–Crippen MR) is 86.9 cm³/mol. The summed E-state index contributed by atoms with van der Waals surface area (Å²) in [6.45, 7) is 4.76. The molecule has 2 aromatic heterocycles. The minimum Gasteiger partial charge on any atom is -0.493 e. The second kappa shape index (κ2) is 6.18. The molecule has 0 unspecified atom stereocenters. The van der Waals surface area contributed by atoms with Crippen LogP contribution in [0.1, 0.15) is 13.8 Å². The van der Waals surface area contributed by atoms with Gasteiger partial charge in [-0.3, -0.25) is 0 Å². The summed E-state index contributed by atoms with van der Waals surface area (Å²) in [5, 5.41) is 0. The van der Waals surface area contributed by atoms with Crippen molar-refractivity contribution >= 4 is 22.9 Å². The van der Waals surface area contributed by atoms with Gasteiger partial charge in [-0.15, -0.1) is 11.8 Å². The average molecular weight is 299 g/mol. The number of rotatable bonds is 5. The highest BCUT2D eigenvalue weighted by atomic mass is 32.2. The summed E-state index contributed by atoms with van der Waals surface area (Å²) in [5.41, 5.74) is 2.62. The Morgan fingerprint density at radius 1 is 1.24 bits per heavy atom. The lowest BCUT2D eigenvalue weighted by molar-refractivity contribution is 0.340. The number of imidazole rings is 1. The van der Waals surface area contributed by atoms with Crippen LogP contribution in [0.25, 0.3) is 22.6 Å². The van der Waals surface area contributed by atoms with Gasteiger partial charge in [-0.25, -0.2) is 9.97 Å². The Kier molecular flexibility index (Phi) is 4.10. The highest BCUT2D eigenvalue weighted by Gasteiger charge is 2.12. The largest absolute Gasteiger partial charge is 0.493 e. The number of hydrogen-bond acceptors (Lipinski definition) is 4. The standard InChI is InChI=1S/C16H17N3OS/c1-3-20-14-10-11(21-4-2)7-8-12(14)15-18-13-6-5-9-17-16(13)19-15/h5-10H,3-4H2,1-2H3,(H,17,18,19). The lowest BCUT2D eigenvalue weighted by atomic mass is 10.2. The molecule has 0 spiro atoms. The monoisotopic (exact) mass is 299 g/mol. The fraction of sp³-hybridized carbons (Fsp3) is 0.250. The molecule has 5 heteroatoms. The topological polar surface area (TPSA) is 50.8 Å². The van der Waals surface area contributed by atoms with Crippen molar-refractivity contribution < 1.29 is 4.74 Å². The van der Waals surface area contributed by atoms with E-state index in [9.17, 15) is 0 Å². The molecular formula is C16H17N3OS. The van der Waals surface area contributed by atoms with E-state index >= 15 is 0 Å². The Hall–Kier alpha value is -2.01. The first-order valence-electron chi connectivity index (χ1n) is 7.02. The van der Waals surface area contributed by atoms with Crippen molar-refractivity contribution in [3.05, 3.63) is 36.5 Å². The maximum Gasteiger partial charge on any atom is 0.178 e. The summed E-state index contributed by atoms with van der Waals surface area (Å²) in [4.78, 5) is 13.3. The number of pyridine rings is 1. The third-order valence-corrected chi connectivity index (χ3v) is 3.95. The fourth-order valence-electron chi connectivity index (χ4n) is 2.20. The van der Waals surface area contributed by atoms with Gasteiger partial charge in [0, 0.05) is 11.1 Å². The summed E-state index contributed by atoms with van der Waals surface area (Å²) < 4.78 is 5.78. The smallest absolute Gasteiger partial charge is 0.178 e. The lowest BCUT2D eigenvalue weighted by Crippen LogP contribution is -1.95. The molecule has 0 amide bonds. The van der Waals surface area contributed by atoms with E-state index in [1.165, 1.54) is 4.90 Å². The van der Waals surface area contributed by atoms with Gasteiger partial charge in [0.1, 0.15) is 11.6 Å². The summed E-state index contributed by atoms with van der Waals surface area (Å²) in [6, 6.07) is 10.1. The zero-order valence-electron chi connectivity index (χ0n) is 12.1. The zero-order chi connectivity index (χ0) is 14.7. The Morgan fingerprint density at radius 3 is 2.90 bits per heavy atom. The second-order valence-electron chi connectivity index (χ2n) is 4.48. The zero-order valence-corrected chi connectivity index (χ0v) is 12.9. The molecule has 3 aromatic rings. The maximum atomic E-state index is 5.78. The van der Waals surface area contributed by atoms with Crippen molar-refractivity contribution in [2.45, 2.75) is 18.7 Å². The number of aromatic nitrogens is 3. The molecule has 4 nitrogen and oxygen atoms in total. The van der Waals surface area contributed by atoms with Gasteiger partial charge in [0.05, 0.1) is 17.7 Å². The quantitative estimate of drug-likeness (QED) is 0.719. The van der Waals surface area contributed by atoms with Crippen LogP contribution in [0.4, 0.5) is 0 Å². The van der Waals surface area contributed by atoms with Crippen LogP contribution in [0, 0.1) is 0 Å². The van der Waals surface area contributed by atoms with E-state index in [0.717, 1.165) is 34.1 Å². The van der Waals surface area contributed by atoms with E-state index in [1.54, 1.807) is 18.0 Å². The molecule has 0 atom stereocenters. The normalized spacial score (nSPS) is 11.0. The van der Waals surface area contributed by atoms with Crippen molar-refractivity contribution in [1.29, 1.82) is 0 Å². The Morgan fingerprint density at radius 2 is 2.14 bits per heavy atom. The molecule has 0 bridgehead atoms. The van der Waals surface area contributed by atoms with Crippen molar-refractivity contribution in [3.63, 3.8) is 0 Å². The number of aromatic amines is 1. The molecule has 0 fully saturated rings. The number of ether oxygens (including phenoxy) is 1. The molecular weight excluding hydrogens is 282 g/mol. The van der Waals surface area contributed by atoms with Gasteiger partial charge in [-0.2, -0.15) is 0 Å². The predicted octanol–water partition coefficient (Wildman–Crippen LogP) is 4.14. The van der Waals surface area contributed by atoms with Crippen LogP contribution in [0.15, 0.2) is 41.4 Å². The summed E-state index contributed by atoms with van der Waals surface area (Å²) >= 11 is 1.80. The number of benzene rings is 1. The Bertz CT molecular complexity index is 721. The van der Waals surface area contributed by atoms with Crippen molar-refractivity contribution in [2.75, 3.05) is 12.4 Å². The fourth-order valence-corrected chi connectivity index (χ4v) is 2.89. The number of thioether (sulfide) groups is 1. The van der Waals surface area contributed by atoms with Gasteiger partial charge in [0.2, 0.25) is 0 Å². The summed E-state index contributed by atoms with van der Waals surface area (Å²) in [6.07, 6.45) is 1.75. The first-order valence-corrected chi connectivity index (χ1v) is 8.01. The van der Waals surface area contributed by atoms with Gasteiger partial charge in [0.25, 0.3) is 0 Å². The first-order chi connectivity index (χ1) is 10.3. The third kappa shape index (κ3) is 2.88. The molecule has 0 aliphatic heterocycles. The molecule has 108 valence electrons. The highest BCUT2D eigenvalue weighted by Crippen LogP contribution is 2.33. The minimum atomic E-state index is 0.631. The number of H-pyrrole nitrogens is 1. The molecule has 0 saturated heterocycles. The first kappa shape index (κ1) is 13.9. The van der Waals surface area contributed by atoms with Gasteiger partial charge >= 0.3 is 0 Å². The number of nitrogens with zero attached hydrogens (tertiary/aromatic N) is 2. The average Bonchev–Trinajstić information content (AvgIpc) is 2.92. The summed E-state index contributed by atoms with van der Waals surface area (Å²) in [7, 11) is 0. The van der Waals surface area contributed by atoms with Crippen molar-refractivity contribution in [3.8, 4) is 17.1 Å². The molecule has 1 aromatic carbocycles. The van der Waals surface area contributed by atoms with E-state index in [4.69, 9.17) is 4.74 Å². The maximum absolute atomic E-state index is 5.78. The Labute approximate surface area is 128 Å². The van der Waals surface area contributed by atoms with Crippen molar-refractivity contribution in [1.82, 2.24) is 15.0 Å². The van der Waals surface area contributed by atoms with Gasteiger partial charge in [-0.1, -0.05) is 6.92 Å². The van der Waals surface area contributed by atoms with Gasteiger partial charge in [0.15, 0.2) is 5.65 Å². The van der Waals surface area contributed by atoms with Crippen LogP contribution < -0.4 is 4.74 Å². The molecule has 1 N–H and O–H groups in total. The summed E-state index contributed by atoms with van der Waals surface area (Å²) in [5.74, 6) is 2.69. The van der Waals surface area contributed by atoms with Crippen LogP contribution >= 0.6 is 11.8 Å². The number of hydrogen-bond donors (Lipinski definition) is 1. The van der Waals surface area contributed by atoms with Crippen molar-refractivity contribution in [2.24, 2.45) is 0 Å². The molecule has 0 radical (unpaired) electrons. The molecule has 0 aliphatic carbocycles. The molecule has 3 rings (SSSR count). The number of fused-ring (bicyclic) bond motifs is 1. The minimum absolute atomic E-state index is 0.631. The Balaban J connectivity index is 2.07. The van der Waals surface area contributed by atoms with Crippen LogP contribution in [0.3, 0.4) is 0 Å². The van der Waals surface area contributed by atoms with Crippen LogP contribution in [0.5, 0.6) is 5.75 Å². The molecule has 21 heavy (non-hydrogen) atoms. The van der Waals surface area contributed by atoms with Crippen LogP contribution in [0.2, 0.25) is 0 Å². The van der Waals surface area contributed by atoms with E-state index in [1.807, 2.05) is 19.1 Å². The second-order valence-corrected chi connectivity index (χ2v) is 5.82. The van der Waals surface area contributed by atoms with Crippen LogP contribution in [-0.4, -0.2) is 27.3 Å². The van der Waals surface area contributed by atoms with E-state index in [2.05, 4.69) is 40.1 Å². The lowest BCUT2D eigenvalue weighted by Gasteiger charge is -2.10. The third-order valence-electron chi connectivity index (χ3n) is 3.08. The van der Waals surface area contributed by atoms with Gasteiger partial charge < -0.3 is 9.72 Å². The number of nitrogens with one attached hydrogen (secondary N) is 1. The highest BCUT2D eigenvalue weighted by molar-refractivity contribution is 7.99. The molecule has 2 heterocycles. The van der Waals surface area contributed by atoms with E-state index in [-0.39, 0.29) is 0 Å². The SMILES string of the molecule is CCOc1cc(SCC)ccc1-c1nc2ncccc2[nH]1. The van der Waals surface area contributed by atoms with E-state index < -0.39 is 0 Å².